The zero-order valence-corrected chi connectivity index (χ0v) is 17.9. The lowest BCUT2D eigenvalue weighted by atomic mass is 9.89. The fourth-order valence-electron chi connectivity index (χ4n) is 3.68. The fraction of sp³-hybridized carbons (Fsp3) is 0.750. The summed E-state index contributed by atoms with van der Waals surface area (Å²) in [6.07, 6.45) is 18.0. The summed E-state index contributed by atoms with van der Waals surface area (Å²) >= 11 is 0. The quantitative estimate of drug-likeness (QED) is 0.226. The molecule has 0 aromatic carbocycles. The summed E-state index contributed by atoms with van der Waals surface area (Å²) in [5, 5.41) is 10.0. The van der Waals surface area contributed by atoms with Gasteiger partial charge in [-0.15, -0.1) is 0 Å². The summed E-state index contributed by atoms with van der Waals surface area (Å²) in [5.41, 5.74) is 0. The molecule has 0 heterocycles. The van der Waals surface area contributed by atoms with Crippen LogP contribution in [0.3, 0.4) is 0 Å². The van der Waals surface area contributed by atoms with Gasteiger partial charge in [0.15, 0.2) is 0 Å². The van der Waals surface area contributed by atoms with Crippen molar-refractivity contribution in [3.05, 3.63) is 24.3 Å². The van der Waals surface area contributed by atoms with E-state index in [1.54, 1.807) is 0 Å². The maximum atomic E-state index is 12.2. The number of allylic oxidation sites excluding steroid dienone is 2. The molecule has 1 unspecified atom stereocenters. The molecule has 0 amide bonds. The van der Waals surface area contributed by atoms with Crippen LogP contribution in [0.25, 0.3) is 0 Å². The second kappa shape index (κ2) is 15.5. The zero-order chi connectivity index (χ0) is 20.6. The summed E-state index contributed by atoms with van der Waals surface area (Å²) in [6.45, 7) is 4.70. The Kier molecular flexibility index (Phi) is 13.6. The molecule has 4 nitrogen and oxygen atoms in total. The number of aliphatic hydroxyl groups is 1. The largest absolute Gasteiger partial charge is 0.466 e. The molecule has 1 aliphatic rings. The van der Waals surface area contributed by atoms with Crippen LogP contribution in [-0.4, -0.2) is 29.6 Å². The molecule has 0 aromatic rings. The van der Waals surface area contributed by atoms with Crippen LogP contribution in [0.1, 0.15) is 90.9 Å². The van der Waals surface area contributed by atoms with E-state index in [0.29, 0.717) is 31.7 Å². The maximum absolute atomic E-state index is 12.2. The maximum Gasteiger partial charge on any atom is 0.305 e. The highest BCUT2D eigenvalue weighted by Crippen LogP contribution is 2.34. The van der Waals surface area contributed by atoms with Gasteiger partial charge in [-0.05, 0) is 44.4 Å². The van der Waals surface area contributed by atoms with Gasteiger partial charge in [0.25, 0.3) is 0 Å². The molecule has 0 aliphatic heterocycles. The average molecular weight is 393 g/mol. The second-order valence-corrected chi connectivity index (χ2v) is 7.87. The summed E-state index contributed by atoms with van der Waals surface area (Å²) in [4.78, 5) is 23.8. The van der Waals surface area contributed by atoms with Crippen molar-refractivity contribution < 1.29 is 19.4 Å². The van der Waals surface area contributed by atoms with E-state index in [1.165, 1.54) is 0 Å². The highest BCUT2D eigenvalue weighted by molar-refractivity contribution is 5.83. The molecule has 1 saturated carbocycles. The number of aliphatic hydroxyl groups excluding tert-OH is 1. The first-order valence-electron chi connectivity index (χ1n) is 11.3. The van der Waals surface area contributed by atoms with Gasteiger partial charge in [0.05, 0.1) is 12.7 Å². The van der Waals surface area contributed by atoms with Crippen molar-refractivity contribution in [2.24, 2.45) is 11.8 Å². The predicted octanol–water partition coefficient (Wildman–Crippen LogP) is 5.54. The van der Waals surface area contributed by atoms with Crippen LogP contribution in [0.15, 0.2) is 24.3 Å². The minimum atomic E-state index is -0.462. The Balaban J connectivity index is 2.21. The van der Waals surface area contributed by atoms with E-state index in [2.05, 4.69) is 26.0 Å². The Labute approximate surface area is 171 Å². The van der Waals surface area contributed by atoms with Gasteiger partial charge in [-0.1, -0.05) is 63.8 Å². The predicted molar refractivity (Wildman–Crippen MR) is 114 cm³/mol. The lowest BCUT2D eigenvalue weighted by molar-refractivity contribution is -0.143. The minimum absolute atomic E-state index is 0.0861. The first-order chi connectivity index (χ1) is 13.6. The number of carbonyl (C=O) groups excluding carboxylic acids is 2. The van der Waals surface area contributed by atoms with Gasteiger partial charge in [-0.2, -0.15) is 0 Å². The fourth-order valence-corrected chi connectivity index (χ4v) is 3.68. The molecule has 1 N–H and O–H groups in total. The van der Waals surface area contributed by atoms with Crippen LogP contribution >= 0.6 is 0 Å². The van der Waals surface area contributed by atoms with Gasteiger partial charge in [0.2, 0.25) is 0 Å². The topological polar surface area (TPSA) is 63.6 Å². The number of hydrogen-bond acceptors (Lipinski definition) is 4. The smallest absolute Gasteiger partial charge is 0.305 e. The SMILES string of the molecule is CC/C=C\CC(O)/C=C/[C@H]1CCC(=O)[C@@H]1CCCCCCC(=O)OCCCC. The molecular weight excluding hydrogens is 352 g/mol. The Morgan fingerprint density at radius 1 is 1.18 bits per heavy atom. The molecule has 160 valence electrons. The van der Waals surface area contributed by atoms with Gasteiger partial charge in [0, 0.05) is 18.8 Å². The molecule has 1 rings (SSSR count). The molecule has 3 atom stereocenters. The molecule has 0 radical (unpaired) electrons. The summed E-state index contributed by atoms with van der Waals surface area (Å²) < 4.78 is 5.16. The molecule has 0 aromatic heterocycles. The van der Waals surface area contributed by atoms with Crippen molar-refractivity contribution in [3.63, 3.8) is 0 Å². The summed E-state index contributed by atoms with van der Waals surface area (Å²) in [5.74, 6) is 0.658. The van der Waals surface area contributed by atoms with Crippen LogP contribution in [0, 0.1) is 11.8 Å². The number of ether oxygens (including phenoxy) is 1. The number of carbonyl (C=O) groups is 2. The molecule has 1 aliphatic carbocycles. The van der Waals surface area contributed by atoms with E-state index in [9.17, 15) is 14.7 Å². The molecule has 0 bridgehead atoms. The third-order valence-electron chi connectivity index (χ3n) is 5.42. The van der Waals surface area contributed by atoms with Gasteiger partial charge in [-0.3, -0.25) is 9.59 Å². The van der Waals surface area contributed by atoms with E-state index >= 15 is 0 Å². The first-order valence-corrected chi connectivity index (χ1v) is 11.3. The Hall–Kier alpha value is -1.42. The number of hydrogen-bond donors (Lipinski definition) is 1. The van der Waals surface area contributed by atoms with Gasteiger partial charge < -0.3 is 9.84 Å². The standard InChI is InChI=1S/C24H40O4/c1-3-5-9-12-21(25)17-15-20-16-18-23(26)22(20)13-10-7-8-11-14-24(27)28-19-6-4-2/h5,9,15,17,20-22,25H,3-4,6-8,10-14,16,18-19H2,1-2H3/b9-5-,17-15+/t20-,21?,22+/m0/s1. The zero-order valence-electron chi connectivity index (χ0n) is 17.9. The van der Waals surface area contributed by atoms with Crippen LogP contribution in [0.2, 0.25) is 0 Å². The molecule has 4 heteroatoms. The van der Waals surface area contributed by atoms with Gasteiger partial charge in [0.1, 0.15) is 5.78 Å². The molecule has 28 heavy (non-hydrogen) atoms. The molecule has 0 saturated heterocycles. The van der Waals surface area contributed by atoms with E-state index in [0.717, 1.165) is 57.8 Å². The number of esters is 1. The van der Waals surface area contributed by atoms with Crippen molar-refractivity contribution in [3.8, 4) is 0 Å². The Morgan fingerprint density at radius 2 is 1.96 bits per heavy atom. The number of rotatable bonds is 15. The molecule has 0 spiro atoms. The first kappa shape index (κ1) is 24.6. The minimum Gasteiger partial charge on any atom is -0.466 e. The van der Waals surface area contributed by atoms with E-state index in [4.69, 9.17) is 4.74 Å². The van der Waals surface area contributed by atoms with Crippen LogP contribution in [-0.2, 0) is 14.3 Å². The highest BCUT2D eigenvalue weighted by atomic mass is 16.5. The normalized spacial score (nSPS) is 21.0. The number of Topliss-reactive ketones (excluding diaryl/α,β-unsaturated/α-hetero) is 1. The van der Waals surface area contributed by atoms with Gasteiger partial charge >= 0.3 is 5.97 Å². The van der Waals surface area contributed by atoms with Gasteiger partial charge in [-0.25, -0.2) is 0 Å². The Morgan fingerprint density at radius 3 is 2.71 bits per heavy atom. The highest BCUT2D eigenvalue weighted by Gasteiger charge is 2.32. The average Bonchev–Trinajstić information content (AvgIpc) is 3.03. The van der Waals surface area contributed by atoms with Crippen LogP contribution in [0.4, 0.5) is 0 Å². The third-order valence-corrected chi connectivity index (χ3v) is 5.42. The Bertz CT molecular complexity index is 495. The van der Waals surface area contributed by atoms with E-state index in [-0.39, 0.29) is 17.8 Å². The van der Waals surface area contributed by atoms with Crippen molar-refractivity contribution in [1.29, 1.82) is 0 Å². The van der Waals surface area contributed by atoms with Crippen LogP contribution in [0.5, 0.6) is 0 Å². The van der Waals surface area contributed by atoms with Crippen LogP contribution < -0.4 is 0 Å². The van der Waals surface area contributed by atoms with E-state index < -0.39 is 6.10 Å². The van der Waals surface area contributed by atoms with Crippen molar-refractivity contribution in [2.75, 3.05) is 6.61 Å². The number of unbranched alkanes of at least 4 members (excludes halogenated alkanes) is 4. The third kappa shape index (κ3) is 10.8. The van der Waals surface area contributed by atoms with E-state index in [1.807, 2.05) is 12.2 Å². The summed E-state index contributed by atoms with van der Waals surface area (Å²) in [6, 6.07) is 0. The monoisotopic (exact) mass is 392 g/mol. The van der Waals surface area contributed by atoms with Crippen molar-refractivity contribution in [1.82, 2.24) is 0 Å². The molecular formula is C24H40O4. The lowest BCUT2D eigenvalue weighted by Crippen LogP contribution is -2.14. The second-order valence-electron chi connectivity index (χ2n) is 7.87. The number of ketones is 1. The summed E-state index contributed by atoms with van der Waals surface area (Å²) in [7, 11) is 0. The lowest BCUT2D eigenvalue weighted by Gasteiger charge is -2.15. The van der Waals surface area contributed by atoms with Crippen molar-refractivity contribution in [2.45, 2.75) is 97.0 Å². The van der Waals surface area contributed by atoms with Crippen molar-refractivity contribution >= 4 is 11.8 Å². The molecule has 1 fully saturated rings.